The van der Waals surface area contributed by atoms with Crippen LogP contribution in [0.25, 0.3) is 0 Å². The second-order valence-corrected chi connectivity index (χ2v) is 7.32. The van der Waals surface area contributed by atoms with Crippen molar-refractivity contribution in [3.8, 4) is 11.5 Å². The highest BCUT2D eigenvalue weighted by atomic mass is 32.2. The SMILES string of the molecule is CC(Sc1nccn1C1CC1)C(=O)NCc1ccc2c(c1)OCO2. The van der Waals surface area contributed by atoms with Crippen molar-refractivity contribution in [2.24, 2.45) is 0 Å². The van der Waals surface area contributed by atoms with Gasteiger partial charge in [0.15, 0.2) is 16.7 Å². The zero-order valence-electron chi connectivity index (χ0n) is 13.4. The maximum absolute atomic E-state index is 12.3. The molecule has 2 aromatic rings. The molecule has 0 saturated heterocycles. The van der Waals surface area contributed by atoms with Crippen LogP contribution in [0.4, 0.5) is 0 Å². The molecule has 7 heteroatoms. The van der Waals surface area contributed by atoms with Gasteiger partial charge in [-0.05, 0) is 37.5 Å². The first-order valence-corrected chi connectivity index (χ1v) is 8.94. The van der Waals surface area contributed by atoms with Crippen LogP contribution in [0.5, 0.6) is 11.5 Å². The largest absolute Gasteiger partial charge is 0.454 e. The van der Waals surface area contributed by atoms with Crippen molar-refractivity contribution in [1.82, 2.24) is 14.9 Å². The van der Waals surface area contributed by atoms with Crippen LogP contribution in [-0.4, -0.2) is 27.5 Å². The van der Waals surface area contributed by atoms with Gasteiger partial charge in [0.1, 0.15) is 0 Å². The average molecular weight is 345 g/mol. The Bertz CT molecular complexity index is 757. The minimum atomic E-state index is -0.195. The Morgan fingerprint density at radius 3 is 3.08 bits per heavy atom. The molecule has 2 heterocycles. The number of hydrogen-bond donors (Lipinski definition) is 1. The van der Waals surface area contributed by atoms with Gasteiger partial charge in [-0.25, -0.2) is 4.98 Å². The molecule has 1 fully saturated rings. The molecule has 1 aliphatic heterocycles. The molecule has 126 valence electrons. The molecular weight excluding hydrogens is 326 g/mol. The molecule has 1 aromatic carbocycles. The van der Waals surface area contributed by atoms with E-state index in [9.17, 15) is 4.79 Å². The molecular formula is C17H19N3O3S. The van der Waals surface area contributed by atoms with Crippen LogP contribution in [0, 0.1) is 0 Å². The number of carbonyl (C=O) groups is 1. The topological polar surface area (TPSA) is 65.4 Å². The Balaban J connectivity index is 1.33. The summed E-state index contributed by atoms with van der Waals surface area (Å²) in [6.07, 6.45) is 6.21. The van der Waals surface area contributed by atoms with Crippen LogP contribution in [-0.2, 0) is 11.3 Å². The van der Waals surface area contributed by atoms with E-state index in [1.54, 1.807) is 6.20 Å². The fourth-order valence-electron chi connectivity index (χ4n) is 2.62. The first-order valence-electron chi connectivity index (χ1n) is 8.06. The summed E-state index contributed by atoms with van der Waals surface area (Å²) in [6, 6.07) is 6.28. The van der Waals surface area contributed by atoms with Gasteiger partial charge >= 0.3 is 0 Å². The number of nitrogens with zero attached hydrogens (tertiary/aromatic N) is 2. The molecule has 1 N–H and O–H groups in total. The number of benzene rings is 1. The van der Waals surface area contributed by atoms with Gasteiger partial charge in [0.2, 0.25) is 12.7 Å². The molecule has 0 spiro atoms. The van der Waals surface area contributed by atoms with Crippen molar-refractivity contribution in [2.45, 2.75) is 42.8 Å². The molecule has 1 aromatic heterocycles. The fourth-order valence-corrected chi connectivity index (χ4v) is 3.58. The third kappa shape index (κ3) is 3.21. The highest BCUT2D eigenvalue weighted by Gasteiger charge is 2.27. The third-order valence-corrected chi connectivity index (χ3v) is 5.22. The van der Waals surface area contributed by atoms with Crippen LogP contribution in [0.1, 0.15) is 31.4 Å². The summed E-state index contributed by atoms with van der Waals surface area (Å²) in [5.74, 6) is 1.49. The molecule has 1 aliphatic carbocycles. The molecule has 1 saturated carbocycles. The number of fused-ring (bicyclic) bond motifs is 1. The fraction of sp³-hybridized carbons (Fsp3) is 0.412. The van der Waals surface area contributed by atoms with Gasteiger partial charge in [-0.1, -0.05) is 17.8 Å². The highest BCUT2D eigenvalue weighted by Crippen LogP contribution is 2.38. The summed E-state index contributed by atoms with van der Waals surface area (Å²) < 4.78 is 12.8. The van der Waals surface area contributed by atoms with Crippen molar-refractivity contribution in [3.63, 3.8) is 0 Å². The van der Waals surface area contributed by atoms with E-state index >= 15 is 0 Å². The summed E-state index contributed by atoms with van der Waals surface area (Å²) in [6.45, 7) is 2.63. The van der Waals surface area contributed by atoms with Gasteiger partial charge in [-0.2, -0.15) is 0 Å². The lowest BCUT2D eigenvalue weighted by molar-refractivity contribution is -0.120. The lowest BCUT2D eigenvalue weighted by Gasteiger charge is -2.13. The lowest BCUT2D eigenvalue weighted by Crippen LogP contribution is -2.30. The molecule has 2 aliphatic rings. The zero-order valence-corrected chi connectivity index (χ0v) is 14.2. The van der Waals surface area contributed by atoms with E-state index in [-0.39, 0.29) is 18.0 Å². The Morgan fingerprint density at radius 2 is 2.25 bits per heavy atom. The summed E-state index contributed by atoms with van der Waals surface area (Å²) in [4.78, 5) is 16.7. The van der Waals surface area contributed by atoms with Gasteiger partial charge in [-0.15, -0.1) is 0 Å². The number of hydrogen-bond acceptors (Lipinski definition) is 5. The van der Waals surface area contributed by atoms with Crippen LogP contribution in [0.15, 0.2) is 35.7 Å². The van der Waals surface area contributed by atoms with E-state index in [1.807, 2.05) is 31.3 Å². The van der Waals surface area contributed by atoms with Crippen molar-refractivity contribution < 1.29 is 14.3 Å². The minimum absolute atomic E-state index is 0.00279. The number of amides is 1. The molecule has 0 radical (unpaired) electrons. The van der Waals surface area contributed by atoms with Crippen molar-refractivity contribution >= 4 is 17.7 Å². The van der Waals surface area contributed by atoms with Gasteiger partial charge in [-0.3, -0.25) is 4.79 Å². The van der Waals surface area contributed by atoms with Crippen molar-refractivity contribution in [3.05, 3.63) is 36.2 Å². The smallest absolute Gasteiger partial charge is 0.233 e. The number of thioether (sulfide) groups is 1. The zero-order chi connectivity index (χ0) is 16.5. The Labute approximate surface area is 144 Å². The van der Waals surface area contributed by atoms with Crippen LogP contribution >= 0.6 is 11.8 Å². The van der Waals surface area contributed by atoms with Gasteiger partial charge in [0, 0.05) is 25.0 Å². The van der Waals surface area contributed by atoms with Crippen LogP contribution in [0.3, 0.4) is 0 Å². The highest BCUT2D eigenvalue weighted by molar-refractivity contribution is 8.00. The summed E-state index contributed by atoms with van der Waals surface area (Å²) >= 11 is 1.50. The summed E-state index contributed by atoms with van der Waals surface area (Å²) in [5.41, 5.74) is 0.990. The van der Waals surface area contributed by atoms with Gasteiger partial charge in [0.25, 0.3) is 0 Å². The molecule has 24 heavy (non-hydrogen) atoms. The number of ether oxygens (including phenoxy) is 2. The predicted octanol–water partition coefficient (Wildman–Crippen LogP) is 2.74. The maximum atomic E-state index is 12.3. The Kier molecular flexibility index (Phi) is 4.10. The van der Waals surface area contributed by atoms with E-state index in [0.717, 1.165) is 22.2 Å². The molecule has 1 amide bonds. The molecule has 0 bridgehead atoms. The van der Waals surface area contributed by atoms with Gasteiger partial charge in [0.05, 0.1) is 5.25 Å². The normalized spacial score (nSPS) is 16.9. The lowest BCUT2D eigenvalue weighted by atomic mass is 10.2. The monoisotopic (exact) mass is 345 g/mol. The van der Waals surface area contributed by atoms with Gasteiger partial charge < -0.3 is 19.4 Å². The number of carbonyl (C=O) groups excluding carboxylic acids is 1. The molecule has 4 rings (SSSR count). The van der Waals surface area contributed by atoms with E-state index in [2.05, 4.69) is 14.9 Å². The van der Waals surface area contributed by atoms with E-state index in [1.165, 1.54) is 24.6 Å². The Hall–Kier alpha value is -2.15. The second-order valence-electron chi connectivity index (χ2n) is 6.01. The summed E-state index contributed by atoms with van der Waals surface area (Å²) in [7, 11) is 0. The second kappa shape index (κ2) is 6.39. The van der Waals surface area contributed by atoms with E-state index < -0.39 is 0 Å². The standard InChI is InChI=1S/C17H19N3O3S/c1-11(24-17-18-6-7-20(17)13-3-4-13)16(21)19-9-12-2-5-14-15(8-12)23-10-22-14/h2,5-8,11,13H,3-4,9-10H2,1H3,(H,19,21). The van der Waals surface area contributed by atoms with Crippen LogP contribution in [0.2, 0.25) is 0 Å². The first-order chi connectivity index (χ1) is 11.7. The van der Waals surface area contributed by atoms with E-state index in [0.29, 0.717) is 12.6 Å². The number of nitrogens with one attached hydrogen (secondary N) is 1. The first kappa shape index (κ1) is 15.4. The maximum Gasteiger partial charge on any atom is 0.233 e. The minimum Gasteiger partial charge on any atom is -0.454 e. The molecule has 1 unspecified atom stereocenters. The predicted molar refractivity (Wildman–Crippen MR) is 90.2 cm³/mol. The Morgan fingerprint density at radius 1 is 1.42 bits per heavy atom. The van der Waals surface area contributed by atoms with Crippen molar-refractivity contribution in [2.75, 3.05) is 6.79 Å². The number of imidazole rings is 1. The number of aromatic nitrogens is 2. The summed E-state index contributed by atoms with van der Waals surface area (Å²) in [5, 5.41) is 3.70. The molecule has 6 nitrogen and oxygen atoms in total. The third-order valence-electron chi connectivity index (χ3n) is 4.13. The molecule has 1 atom stereocenters. The van der Waals surface area contributed by atoms with E-state index in [4.69, 9.17) is 9.47 Å². The van der Waals surface area contributed by atoms with Crippen molar-refractivity contribution in [1.29, 1.82) is 0 Å². The van der Waals surface area contributed by atoms with Crippen LogP contribution < -0.4 is 14.8 Å². The number of rotatable bonds is 6. The average Bonchev–Trinajstić information content (AvgIpc) is 3.14. The quantitative estimate of drug-likeness (QED) is 0.816.